The van der Waals surface area contributed by atoms with E-state index in [4.69, 9.17) is 4.74 Å². The van der Waals surface area contributed by atoms with Gasteiger partial charge in [0.15, 0.2) is 0 Å². The Morgan fingerprint density at radius 2 is 1.86 bits per heavy atom. The van der Waals surface area contributed by atoms with Crippen LogP contribution in [0.25, 0.3) is 0 Å². The molecule has 3 amide bonds. The van der Waals surface area contributed by atoms with Crippen molar-refractivity contribution in [1.29, 1.82) is 0 Å². The topological polar surface area (TPSA) is 83.6 Å². The number of nitrogens with one attached hydrogen (secondary N) is 2. The van der Waals surface area contributed by atoms with Crippen molar-refractivity contribution in [3.8, 4) is 5.75 Å². The summed E-state index contributed by atoms with van der Waals surface area (Å²) in [5.74, 6) is 0.917. The van der Waals surface area contributed by atoms with Crippen LogP contribution >= 0.6 is 11.3 Å². The zero-order valence-corrected chi connectivity index (χ0v) is 17.8. The highest BCUT2D eigenvalue weighted by atomic mass is 32.1. The van der Waals surface area contributed by atoms with Crippen molar-refractivity contribution in [2.24, 2.45) is 5.92 Å². The van der Waals surface area contributed by atoms with Crippen LogP contribution in [0.3, 0.4) is 0 Å². The fourth-order valence-corrected chi connectivity index (χ4v) is 3.15. The number of aromatic nitrogens is 1. The van der Waals surface area contributed by atoms with E-state index < -0.39 is 0 Å². The summed E-state index contributed by atoms with van der Waals surface area (Å²) in [5.41, 5.74) is 1.07. The molecule has 0 saturated carbocycles. The van der Waals surface area contributed by atoms with E-state index in [0.29, 0.717) is 35.4 Å². The second kappa shape index (κ2) is 10.1. The monoisotopic (exact) mass is 404 g/mol. The number of hydrogen-bond acceptors (Lipinski definition) is 5. The van der Waals surface area contributed by atoms with E-state index in [9.17, 15) is 9.59 Å². The Kier molecular flexibility index (Phi) is 7.80. The number of thiazole rings is 1. The van der Waals surface area contributed by atoms with E-state index in [2.05, 4.69) is 15.6 Å². The molecule has 0 fully saturated rings. The molecule has 2 N–H and O–H groups in total. The van der Waals surface area contributed by atoms with Crippen LogP contribution in [0.4, 0.5) is 10.5 Å². The molecule has 2 rings (SSSR count). The number of carbonyl (C=O) groups is 2. The second-order valence-corrected chi connectivity index (χ2v) is 8.05. The number of nitrogens with zero attached hydrogens (tertiary/aromatic N) is 2. The van der Waals surface area contributed by atoms with Crippen molar-refractivity contribution in [2.75, 3.05) is 19.0 Å². The maximum absolute atomic E-state index is 12.7. The minimum absolute atomic E-state index is 0.0274. The molecule has 0 unspecified atom stereocenters. The summed E-state index contributed by atoms with van der Waals surface area (Å²) in [5, 5.41) is 8.18. The number of rotatable bonds is 8. The maximum atomic E-state index is 12.7. The Labute approximate surface area is 170 Å². The van der Waals surface area contributed by atoms with Crippen molar-refractivity contribution < 1.29 is 14.3 Å². The Morgan fingerprint density at radius 1 is 1.18 bits per heavy atom. The van der Waals surface area contributed by atoms with Gasteiger partial charge in [-0.25, -0.2) is 9.78 Å². The average molecular weight is 405 g/mol. The predicted molar refractivity (Wildman–Crippen MR) is 112 cm³/mol. The number of methoxy groups -OCH3 is 1. The summed E-state index contributed by atoms with van der Waals surface area (Å²) in [6.07, 6.45) is 0. The van der Waals surface area contributed by atoms with Gasteiger partial charge >= 0.3 is 6.03 Å². The van der Waals surface area contributed by atoms with E-state index in [-0.39, 0.29) is 18.0 Å². The molecule has 2 aromatic rings. The summed E-state index contributed by atoms with van der Waals surface area (Å²) in [6.45, 7) is 8.90. The quantitative estimate of drug-likeness (QED) is 0.697. The number of ether oxygens (including phenoxy) is 1. The number of anilines is 1. The molecular formula is C20H28N4O3S. The van der Waals surface area contributed by atoms with Crippen molar-refractivity contribution in [3.05, 3.63) is 40.3 Å². The first-order chi connectivity index (χ1) is 13.3. The maximum Gasteiger partial charge on any atom is 0.322 e. The molecule has 0 spiro atoms. The molecule has 0 radical (unpaired) electrons. The zero-order chi connectivity index (χ0) is 20.7. The smallest absolute Gasteiger partial charge is 0.322 e. The van der Waals surface area contributed by atoms with Gasteiger partial charge in [-0.15, -0.1) is 11.3 Å². The predicted octanol–water partition coefficient (Wildman–Crippen LogP) is 3.98. The molecule has 0 saturated heterocycles. The largest absolute Gasteiger partial charge is 0.497 e. The molecule has 28 heavy (non-hydrogen) atoms. The normalized spacial score (nSPS) is 10.8. The third-order valence-electron chi connectivity index (χ3n) is 3.99. The Balaban J connectivity index is 2.01. The molecular weight excluding hydrogens is 376 g/mol. The molecule has 8 heteroatoms. The second-order valence-electron chi connectivity index (χ2n) is 7.11. The zero-order valence-electron chi connectivity index (χ0n) is 17.0. The number of benzene rings is 1. The van der Waals surface area contributed by atoms with Gasteiger partial charge in [0.05, 0.1) is 13.7 Å². The van der Waals surface area contributed by atoms with Gasteiger partial charge in [0, 0.05) is 23.7 Å². The lowest BCUT2D eigenvalue weighted by Crippen LogP contribution is -2.39. The summed E-state index contributed by atoms with van der Waals surface area (Å²) >= 11 is 1.38. The van der Waals surface area contributed by atoms with E-state index >= 15 is 0 Å². The van der Waals surface area contributed by atoms with Crippen LogP contribution in [0.5, 0.6) is 5.75 Å². The highest BCUT2D eigenvalue weighted by molar-refractivity contribution is 7.09. The molecule has 0 bridgehead atoms. The molecule has 1 aromatic heterocycles. The number of urea groups is 1. The summed E-state index contributed by atoms with van der Waals surface area (Å²) < 4.78 is 5.13. The first kappa shape index (κ1) is 21.7. The van der Waals surface area contributed by atoms with Crippen LogP contribution < -0.4 is 15.4 Å². The Bertz CT molecular complexity index is 787. The van der Waals surface area contributed by atoms with Crippen LogP contribution in [0.2, 0.25) is 0 Å². The lowest BCUT2D eigenvalue weighted by molar-refractivity contribution is 0.0944. The number of carbonyl (C=O) groups excluding carboxylic acids is 2. The molecule has 0 atom stereocenters. The fraction of sp³-hybridized carbons (Fsp3) is 0.450. The van der Waals surface area contributed by atoms with Crippen LogP contribution in [-0.2, 0) is 6.54 Å². The van der Waals surface area contributed by atoms with Crippen molar-refractivity contribution in [1.82, 2.24) is 15.2 Å². The average Bonchev–Trinajstić information content (AvgIpc) is 3.13. The van der Waals surface area contributed by atoms with E-state index in [1.807, 2.05) is 27.7 Å². The summed E-state index contributed by atoms with van der Waals surface area (Å²) in [6, 6.07) is 6.91. The Morgan fingerprint density at radius 3 is 2.43 bits per heavy atom. The molecule has 152 valence electrons. The highest BCUT2D eigenvalue weighted by Gasteiger charge is 2.20. The lowest BCUT2D eigenvalue weighted by atomic mass is 10.2. The van der Waals surface area contributed by atoms with Crippen molar-refractivity contribution in [3.63, 3.8) is 0 Å². The molecule has 0 aliphatic heterocycles. The molecule has 7 nitrogen and oxygen atoms in total. The minimum Gasteiger partial charge on any atom is -0.497 e. The van der Waals surface area contributed by atoms with E-state index in [0.717, 1.165) is 5.75 Å². The van der Waals surface area contributed by atoms with Gasteiger partial charge in [-0.05, 0) is 44.0 Å². The van der Waals surface area contributed by atoms with Crippen molar-refractivity contribution >= 4 is 29.0 Å². The van der Waals surface area contributed by atoms with Gasteiger partial charge in [-0.2, -0.15) is 0 Å². The standard InChI is InChI=1S/C20H28N4O3S/c1-13(2)10-21-19(25)17-12-28-18(23-17)11-24(14(3)4)20(26)22-15-6-8-16(27-5)9-7-15/h6-9,12-14H,10-11H2,1-5H3,(H,21,25)(H,22,26). The molecule has 1 aromatic carbocycles. The number of amides is 3. The molecule has 0 aliphatic rings. The Hall–Kier alpha value is -2.61. The van der Waals surface area contributed by atoms with Gasteiger partial charge < -0.3 is 20.3 Å². The van der Waals surface area contributed by atoms with Crippen LogP contribution in [0.1, 0.15) is 43.2 Å². The van der Waals surface area contributed by atoms with Gasteiger partial charge in [-0.1, -0.05) is 13.8 Å². The minimum atomic E-state index is -0.221. The van der Waals surface area contributed by atoms with Crippen LogP contribution in [0.15, 0.2) is 29.6 Å². The van der Waals surface area contributed by atoms with Crippen molar-refractivity contribution in [2.45, 2.75) is 40.3 Å². The lowest BCUT2D eigenvalue weighted by Gasteiger charge is -2.26. The SMILES string of the molecule is COc1ccc(NC(=O)N(Cc2nc(C(=O)NCC(C)C)cs2)C(C)C)cc1. The van der Waals surface area contributed by atoms with Gasteiger partial charge in [0.1, 0.15) is 16.5 Å². The molecule has 1 heterocycles. The van der Waals surface area contributed by atoms with E-state index in [1.165, 1.54) is 11.3 Å². The fourth-order valence-electron chi connectivity index (χ4n) is 2.38. The van der Waals surface area contributed by atoms with Crippen LogP contribution in [-0.4, -0.2) is 41.5 Å². The third kappa shape index (κ3) is 6.23. The van der Waals surface area contributed by atoms with E-state index in [1.54, 1.807) is 41.7 Å². The number of hydrogen-bond donors (Lipinski definition) is 2. The third-order valence-corrected chi connectivity index (χ3v) is 4.82. The highest BCUT2D eigenvalue weighted by Crippen LogP contribution is 2.18. The summed E-state index contributed by atoms with van der Waals surface area (Å²) in [7, 11) is 1.60. The summed E-state index contributed by atoms with van der Waals surface area (Å²) in [4.78, 5) is 30.9. The van der Waals surface area contributed by atoms with Gasteiger partial charge in [0.25, 0.3) is 5.91 Å². The van der Waals surface area contributed by atoms with Crippen LogP contribution in [0, 0.1) is 5.92 Å². The first-order valence-electron chi connectivity index (χ1n) is 9.24. The van der Waals surface area contributed by atoms with Gasteiger partial charge in [0.2, 0.25) is 0 Å². The molecule has 0 aliphatic carbocycles. The first-order valence-corrected chi connectivity index (χ1v) is 10.1. The van der Waals surface area contributed by atoms with Gasteiger partial charge in [-0.3, -0.25) is 4.79 Å².